The van der Waals surface area contributed by atoms with Crippen molar-refractivity contribution >= 4 is 29.1 Å². The summed E-state index contributed by atoms with van der Waals surface area (Å²) >= 11 is 5.95. The lowest BCUT2D eigenvalue weighted by molar-refractivity contribution is 0.0601. The number of anilines is 2. The van der Waals surface area contributed by atoms with Gasteiger partial charge in [-0.2, -0.15) is 5.01 Å². The Morgan fingerprint density at radius 3 is 2.62 bits per heavy atom. The molecule has 0 N–H and O–H groups in total. The number of nitrogens with zero attached hydrogens (tertiary/aromatic N) is 4. The van der Waals surface area contributed by atoms with Crippen LogP contribution < -0.4 is 5.01 Å². The molecule has 0 spiro atoms. The molecule has 0 aliphatic carbocycles. The van der Waals surface area contributed by atoms with E-state index in [0.717, 1.165) is 10.6 Å². The Hall–Kier alpha value is -2.54. The molecule has 2 rings (SSSR count). The lowest BCUT2D eigenvalue weighted by atomic mass is 10.0. The average molecular weight is 349 g/mol. The highest BCUT2D eigenvalue weighted by atomic mass is 35.5. The Labute approximate surface area is 144 Å². The van der Waals surface area contributed by atoms with Crippen LogP contribution in [0, 0.1) is 11.8 Å². The fourth-order valence-electron chi connectivity index (χ4n) is 2.31. The van der Waals surface area contributed by atoms with E-state index in [9.17, 15) is 9.70 Å². The van der Waals surface area contributed by atoms with E-state index in [4.69, 9.17) is 16.3 Å². The number of carbonyl (C=O) groups excluding carboxylic acids is 1. The molecule has 0 aliphatic heterocycles. The third-order valence-corrected chi connectivity index (χ3v) is 3.65. The molecule has 2 aromatic rings. The number of methoxy groups -OCH3 is 1. The molecule has 0 fully saturated rings. The topological polar surface area (TPSA) is 84.8 Å². The average Bonchev–Trinajstić information content (AvgIpc) is 2.56. The van der Waals surface area contributed by atoms with E-state index in [1.807, 2.05) is 20.8 Å². The molecule has 126 valence electrons. The first-order chi connectivity index (χ1) is 11.4. The van der Waals surface area contributed by atoms with Gasteiger partial charge in [0.1, 0.15) is 10.7 Å². The predicted molar refractivity (Wildman–Crippen MR) is 91.6 cm³/mol. The fraction of sp³-hybridized carbons (Fsp3) is 0.312. The zero-order chi connectivity index (χ0) is 17.9. The summed E-state index contributed by atoms with van der Waals surface area (Å²) in [5.74, 6) is -0.609. The van der Waals surface area contributed by atoms with E-state index in [1.165, 1.54) is 19.2 Å². The van der Waals surface area contributed by atoms with Crippen molar-refractivity contribution in [2.75, 3.05) is 12.1 Å². The van der Waals surface area contributed by atoms with E-state index in [0.29, 0.717) is 11.4 Å². The number of ether oxygens (including phenoxy) is 1. The maximum absolute atomic E-state index is 12.0. The molecule has 0 aromatic carbocycles. The zero-order valence-corrected chi connectivity index (χ0v) is 14.5. The SMILES string of the molecule is COC(=O)c1ccc(Cl)nc1N(N=O)c1c(C)ccnc1C(C)C. The Bertz CT molecular complexity index is 780. The van der Waals surface area contributed by atoms with Crippen LogP contribution in [-0.2, 0) is 4.74 Å². The number of halogens is 1. The van der Waals surface area contributed by atoms with Gasteiger partial charge in [-0.05, 0) is 36.6 Å². The van der Waals surface area contributed by atoms with Gasteiger partial charge in [0, 0.05) is 6.20 Å². The third-order valence-electron chi connectivity index (χ3n) is 3.44. The van der Waals surface area contributed by atoms with Crippen LogP contribution in [0.1, 0.15) is 41.4 Å². The van der Waals surface area contributed by atoms with Crippen molar-refractivity contribution in [3.63, 3.8) is 0 Å². The molecule has 0 saturated heterocycles. The Morgan fingerprint density at radius 1 is 1.33 bits per heavy atom. The van der Waals surface area contributed by atoms with Crippen molar-refractivity contribution in [3.8, 4) is 0 Å². The first kappa shape index (κ1) is 17.8. The van der Waals surface area contributed by atoms with Gasteiger partial charge in [0.25, 0.3) is 0 Å². The van der Waals surface area contributed by atoms with Gasteiger partial charge in [-0.1, -0.05) is 25.4 Å². The smallest absolute Gasteiger partial charge is 0.341 e. The molecule has 24 heavy (non-hydrogen) atoms. The largest absolute Gasteiger partial charge is 0.465 e. The molecule has 2 heterocycles. The van der Waals surface area contributed by atoms with Crippen molar-refractivity contribution in [1.29, 1.82) is 0 Å². The maximum Gasteiger partial charge on any atom is 0.341 e. The van der Waals surface area contributed by atoms with Gasteiger partial charge >= 0.3 is 5.97 Å². The van der Waals surface area contributed by atoms with Gasteiger partial charge in [0.2, 0.25) is 0 Å². The van der Waals surface area contributed by atoms with Gasteiger partial charge in [-0.3, -0.25) is 4.98 Å². The van der Waals surface area contributed by atoms with Crippen LogP contribution in [0.25, 0.3) is 0 Å². The van der Waals surface area contributed by atoms with Crippen molar-refractivity contribution in [1.82, 2.24) is 9.97 Å². The molecule has 0 aliphatic rings. The van der Waals surface area contributed by atoms with E-state index in [2.05, 4.69) is 15.3 Å². The highest BCUT2D eigenvalue weighted by molar-refractivity contribution is 6.29. The number of esters is 1. The molecule has 0 bridgehead atoms. The Kier molecular flexibility index (Phi) is 5.46. The number of nitroso groups, excluding NO2 is 1. The summed E-state index contributed by atoms with van der Waals surface area (Å²) in [5, 5.41) is 4.23. The van der Waals surface area contributed by atoms with Gasteiger partial charge in [-0.15, -0.1) is 4.91 Å². The molecule has 7 nitrogen and oxygen atoms in total. The minimum atomic E-state index is -0.643. The summed E-state index contributed by atoms with van der Waals surface area (Å²) < 4.78 is 4.75. The Balaban J connectivity index is 2.73. The van der Waals surface area contributed by atoms with Crippen molar-refractivity contribution in [3.05, 3.63) is 51.3 Å². The molecule has 8 heteroatoms. The van der Waals surface area contributed by atoms with Crippen LogP contribution in [0.2, 0.25) is 5.15 Å². The highest BCUT2D eigenvalue weighted by Crippen LogP contribution is 2.36. The quantitative estimate of drug-likeness (QED) is 0.349. The van der Waals surface area contributed by atoms with Crippen LogP contribution in [-0.4, -0.2) is 23.0 Å². The summed E-state index contributed by atoms with van der Waals surface area (Å²) in [5.41, 5.74) is 1.99. The van der Waals surface area contributed by atoms with Crippen molar-refractivity contribution in [2.24, 2.45) is 5.29 Å². The molecular formula is C16H17ClN4O3. The first-order valence-electron chi connectivity index (χ1n) is 7.24. The number of hydrogen-bond donors (Lipinski definition) is 0. The van der Waals surface area contributed by atoms with Crippen LogP contribution in [0.4, 0.5) is 11.5 Å². The maximum atomic E-state index is 12.0. The van der Waals surface area contributed by atoms with E-state index >= 15 is 0 Å². The van der Waals surface area contributed by atoms with Crippen molar-refractivity contribution in [2.45, 2.75) is 26.7 Å². The number of pyridine rings is 2. The molecule has 2 aromatic heterocycles. The van der Waals surface area contributed by atoms with Crippen LogP contribution in [0.15, 0.2) is 29.7 Å². The number of hydrogen-bond acceptors (Lipinski definition) is 6. The van der Waals surface area contributed by atoms with E-state index in [-0.39, 0.29) is 22.5 Å². The lowest BCUT2D eigenvalue weighted by Gasteiger charge is -2.22. The van der Waals surface area contributed by atoms with E-state index in [1.54, 1.807) is 12.3 Å². The van der Waals surface area contributed by atoms with Gasteiger partial charge in [0.05, 0.1) is 23.8 Å². The van der Waals surface area contributed by atoms with Crippen LogP contribution >= 0.6 is 11.6 Å². The summed E-state index contributed by atoms with van der Waals surface area (Å²) in [6.45, 7) is 5.71. The second-order valence-corrected chi connectivity index (χ2v) is 5.79. The predicted octanol–water partition coefficient (Wildman–Crippen LogP) is 4.17. The molecule has 0 radical (unpaired) electrons. The summed E-state index contributed by atoms with van der Waals surface area (Å²) in [4.78, 5) is 32.1. The summed E-state index contributed by atoms with van der Waals surface area (Å²) in [6, 6.07) is 4.64. The van der Waals surface area contributed by atoms with Crippen molar-refractivity contribution < 1.29 is 9.53 Å². The number of aryl methyl sites for hydroxylation is 1. The zero-order valence-electron chi connectivity index (χ0n) is 13.8. The number of rotatable bonds is 5. The van der Waals surface area contributed by atoms with Crippen LogP contribution in [0.5, 0.6) is 0 Å². The first-order valence-corrected chi connectivity index (χ1v) is 7.62. The number of carbonyl (C=O) groups is 1. The minimum Gasteiger partial charge on any atom is -0.465 e. The van der Waals surface area contributed by atoms with Gasteiger partial charge in [0.15, 0.2) is 5.82 Å². The summed E-state index contributed by atoms with van der Waals surface area (Å²) in [7, 11) is 1.24. The number of aromatic nitrogens is 2. The Morgan fingerprint density at radius 2 is 2.04 bits per heavy atom. The monoisotopic (exact) mass is 348 g/mol. The molecule has 0 atom stereocenters. The lowest BCUT2D eigenvalue weighted by Crippen LogP contribution is -2.19. The second-order valence-electron chi connectivity index (χ2n) is 5.41. The summed E-state index contributed by atoms with van der Waals surface area (Å²) in [6.07, 6.45) is 1.66. The highest BCUT2D eigenvalue weighted by Gasteiger charge is 2.26. The van der Waals surface area contributed by atoms with Gasteiger partial charge in [-0.25, -0.2) is 9.78 Å². The van der Waals surface area contributed by atoms with Crippen LogP contribution in [0.3, 0.4) is 0 Å². The molecule has 0 amide bonds. The second kappa shape index (κ2) is 7.35. The van der Waals surface area contributed by atoms with Gasteiger partial charge < -0.3 is 4.74 Å². The fourth-order valence-corrected chi connectivity index (χ4v) is 2.45. The molecular weight excluding hydrogens is 332 g/mol. The minimum absolute atomic E-state index is 0.00218. The molecule has 0 unspecified atom stereocenters. The molecule has 0 saturated carbocycles. The normalized spacial score (nSPS) is 10.6. The standard InChI is InChI=1S/C16H17ClN4O3/c1-9(2)13-14(10(3)7-8-18-13)21(20-23)15-11(16(22)24-4)5-6-12(17)19-15/h5-9H,1-4H3. The third kappa shape index (κ3) is 3.35. The van der Waals surface area contributed by atoms with E-state index < -0.39 is 5.97 Å².